The van der Waals surface area contributed by atoms with Crippen LogP contribution < -0.4 is 10.6 Å². The van der Waals surface area contributed by atoms with Gasteiger partial charge in [-0.1, -0.05) is 11.6 Å². The van der Waals surface area contributed by atoms with Crippen molar-refractivity contribution >= 4 is 28.8 Å². The van der Waals surface area contributed by atoms with E-state index >= 15 is 0 Å². The van der Waals surface area contributed by atoms with Crippen LogP contribution in [-0.2, 0) is 4.79 Å². The third-order valence-electron chi connectivity index (χ3n) is 2.76. The van der Waals surface area contributed by atoms with E-state index in [9.17, 15) is 4.79 Å². The third kappa shape index (κ3) is 2.75. The van der Waals surface area contributed by atoms with Gasteiger partial charge in [0.1, 0.15) is 0 Å². The summed E-state index contributed by atoms with van der Waals surface area (Å²) in [7, 11) is 0. The maximum atomic E-state index is 11.6. The number of carbonyl (C=O) groups excluding carboxylic acids is 1. The molecule has 0 spiro atoms. The van der Waals surface area contributed by atoms with Gasteiger partial charge in [-0.2, -0.15) is 0 Å². The lowest BCUT2D eigenvalue weighted by molar-refractivity contribution is -0.124. The van der Waals surface area contributed by atoms with E-state index in [0.717, 1.165) is 23.7 Å². The number of rotatable bonds is 3. The van der Waals surface area contributed by atoms with Crippen molar-refractivity contribution in [3.8, 4) is 0 Å². The van der Waals surface area contributed by atoms with Gasteiger partial charge in [-0.15, -0.1) is 11.3 Å². The lowest BCUT2D eigenvalue weighted by Crippen LogP contribution is -2.48. The number of hydrogen-bond donors (Lipinski definition) is 2. The van der Waals surface area contributed by atoms with Gasteiger partial charge >= 0.3 is 0 Å². The normalized spacial score (nSPS) is 22.9. The third-order valence-corrected chi connectivity index (χ3v) is 4.17. The molecule has 2 rings (SSSR count). The van der Waals surface area contributed by atoms with Crippen molar-refractivity contribution in [1.82, 2.24) is 10.6 Å². The fourth-order valence-electron chi connectivity index (χ4n) is 1.88. The van der Waals surface area contributed by atoms with Crippen LogP contribution in [0.4, 0.5) is 0 Å². The molecule has 16 heavy (non-hydrogen) atoms. The molecule has 1 amide bonds. The van der Waals surface area contributed by atoms with Crippen LogP contribution in [0, 0.1) is 0 Å². The van der Waals surface area contributed by atoms with Gasteiger partial charge < -0.3 is 5.32 Å². The van der Waals surface area contributed by atoms with E-state index in [2.05, 4.69) is 17.6 Å². The van der Waals surface area contributed by atoms with Crippen LogP contribution in [0.15, 0.2) is 12.1 Å². The Bertz CT molecular complexity index is 380. The first kappa shape index (κ1) is 11.9. The molecule has 0 aromatic carbocycles. The molecule has 3 nitrogen and oxygen atoms in total. The summed E-state index contributed by atoms with van der Waals surface area (Å²) < 4.78 is 0.789. The molecule has 1 fully saturated rings. The molecular weight excluding hydrogens is 244 g/mol. The number of halogens is 1. The number of thiophene rings is 1. The lowest BCUT2D eigenvalue weighted by atomic mass is 10.1. The molecule has 1 aliphatic heterocycles. The van der Waals surface area contributed by atoms with Crippen molar-refractivity contribution in [3.63, 3.8) is 0 Å². The topological polar surface area (TPSA) is 41.1 Å². The Kier molecular flexibility index (Phi) is 3.84. The van der Waals surface area contributed by atoms with E-state index in [1.54, 1.807) is 11.3 Å². The first-order chi connectivity index (χ1) is 7.66. The van der Waals surface area contributed by atoms with Crippen molar-refractivity contribution in [2.75, 3.05) is 6.54 Å². The lowest BCUT2D eigenvalue weighted by Gasteiger charge is -2.25. The molecular formula is C11H15ClN2OS. The Morgan fingerprint density at radius 2 is 2.44 bits per heavy atom. The maximum absolute atomic E-state index is 11.6. The van der Waals surface area contributed by atoms with Crippen molar-refractivity contribution in [3.05, 3.63) is 21.3 Å². The second kappa shape index (κ2) is 5.17. The summed E-state index contributed by atoms with van der Waals surface area (Å²) in [4.78, 5) is 12.7. The molecule has 1 aromatic heterocycles. The zero-order chi connectivity index (χ0) is 11.5. The van der Waals surface area contributed by atoms with E-state index in [0.29, 0.717) is 0 Å². The molecule has 0 radical (unpaired) electrons. The minimum Gasteiger partial charge on any atom is -0.355 e. The molecule has 2 atom stereocenters. The van der Waals surface area contributed by atoms with Crippen LogP contribution in [-0.4, -0.2) is 18.5 Å². The molecule has 5 heteroatoms. The highest BCUT2D eigenvalue weighted by atomic mass is 35.5. The molecule has 1 aromatic rings. The smallest absolute Gasteiger partial charge is 0.237 e. The Morgan fingerprint density at radius 1 is 1.62 bits per heavy atom. The van der Waals surface area contributed by atoms with E-state index in [4.69, 9.17) is 11.6 Å². The summed E-state index contributed by atoms with van der Waals surface area (Å²) in [6.07, 6.45) is 1.95. The van der Waals surface area contributed by atoms with E-state index in [1.165, 1.54) is 4.88 Å². The molecule has 2 heterocycles. The molecule has 2 N–H and O–H groups in total. The van der Waals surface area contributed by atoms with Crippen molar-refractivity contribution in [2.45, 2.75) is 31.8 Å². The summed E-state index contributed by atoms with van der Waals surface area (Å²) in [5, 5.41) is 6.21. The highest BCUT2D eigenvalue weighted by molar-refractivity contribution is 7.16. The standard InChI is InChI=1S/C11H15ClN2OS/c1-7(9-4-5-10(12)16-9)14-8-3-2-6-13-11(8)15/h4-5,7-8,14H,2-3,6H2,1H3,(H,13,15). The molecule has 0 aliphatic carbocycles. The monoisotopic (exact) mass is 258 g/mol. The van der Waals surface area contributed by atoms with Gasteiger partial charge in [0.2, 0.25) is 5.91 Å². The number of hydrogen-bond acceptors (Lipinski definition) is 3. The fourth-order valence-corrected chi connectivity index (χ4v) is 2.95. The zero-order valence-corrected chi connectivity index (χ0v) is 10.7. The van der Waals surface area contributed by atoms with E-state index in [-0.39, 0.29) is 18.0 Å². The van der Waals surface area contributed by atoms with Crippen LogP contribution in [0.2, 0.25) is 4.34 Å². The zero-order valence-electron chi connectivity index (χ0n) is 9.13. The Hall–Kier alpha value is -0.580. The quantitative estimate of drug-likeness (QED) is 0.874. The van der Waals surface area contributed by atoms with Crippen LogP contribution in [0.25, 0.3) is 0 Å². The second-order valence-electron chi connectivity index (χ2n) is 4.02. The van der Waals surface area contributed by atoms with Crippen LogP contribution in [0.5, 0.6) is 0 Å². The minimum atomic E-state index is -0.0652. The minimum absolute atomic E-state index is 0.0652. The number of carbonyl (C=O) groups is 1. The second-order valence-corrected chi connectivity index (χ2v) is 5.76. The van der Waals surface area contributed by atoms with Crippen LogP contribution in [0.3, 0.4) is 0 Å². The first-order valence-electron chi connectivity index (χ1n) is 5.46. The van der Waals surface area contributed by atoms with Crippen LogP contribution in [0.1, 0.15) is 30.7 Å². The summed E-state index contributed by atoms with van der Waals surface area (Å²) in [5.74, 6) is 0.112. The first-order valence-corrected chi connectivity index (χ1v) is 6.65. The molecule has 0 bridgehead atoms. The van der Waals surface area contributed by atoms with Gasteiger partial charge in [0.25, 0.3) is 0 Å². The van der Waals surface area contributed by atoms with Gasteiger partial charge in [-0.3, -0.25) is 10.1 Å². The van der Waals surface area contributed by atoms with Gasteiger partial charge in [0.15, 0.2) is 0 Å². The average Bonchev–Trinajstić information content (AvgIpc) is 2.68. The highest BCUT2D eigenvalue weighted by Crippen LogP contribution is 2.27. The Morgan fingerprint density at radius 3 is 3.06 bits per heavy atom. The van der Waals surface area contributed by atoms with Gasteiger partial charge in [0.05, 0.1) is 10.4 Å². The van der Waals surface area contributed by atoms with Gasteiger partial charge in [-0.05, 0) is 31.9 Å². The number of amides is 1. The predicted molar refractivity (Wildman–Crippen MR) is 66.9 cm³/mol. The largest absolute Gasteiger partial charge is 0.355 e. The summed E-state index contributed by atoms with van der Waals surface area (Å²) in [6, 6.07) is 4.00. The SMILES string of the molecule is CC(NC1CCCNC1=O)c1ccc(Cl)s1. The molecule has 2 unspecified atom stereocenters. The molecule has 1 saturated heterocycles. The van der Waals surface area contributed by atoms with Crippen molar-refractivity contribution in [2.24, 2.45) is 0 Å². The predicted octanol–water partition coefficient (Wildman–Crippen LogP) is 2.33. The van der Waals surface area contributed by atoms with Crippen molar-refractivity contribution in [1.29, 1.82) is 0 Å². The van der Waals surface area contributed by atoms with Crippen LogP contribution >= 0.6 is 22.9 Å². The molecule has 88 valence electrons. The fraction of sp³-hybridized carbons (Fsp3) is 0.545. The van der Waals surface area contributed by atoms with Gasteiger partial charge in [-0.25, -0.2) is 0 Å². The highest BCUT2D eigenvalue weighted by Gasteiger charge is 2.23. The van der Waals surface area contributed by atoms with Gasteiger partial charge in [0, 0.05) is 17.5 Å². The Balaban J connectivity index is 1.96. The average molecular weight is 259 g/mol. The molecule has 1 aliphatic rings. The molecule has 0 saturated carbocycles. The van der Waals surface area contributed by atoms with Crippen molar-refractivity contribution < 1.29 is 4.79 Å². The number of nitrogens with one attached hydrogen (secondary N) is 2. The summed E-state index contributed by atoms with van der Waals surface area (Å²) in [6.45, 7) is 2.86. The number of piperidine rings is 1. The summed E-state index contributed by atoms with van der Waals surface area (Å²) >= 11 is 7.44. The van der Waals surface area contributed by atoms with E-state index in [1.807, 2.05) is 12.1 Å². The summed E-state index contributed by atoms with van der Waals surface area (Å²) in [5.41, 5.74) is 0. The Labute approximate surface area is 104 Å². The van der Waals surface area contributed by atoms with E-state index < -0.39 is 0 Å². The maximum Gasteiger partial charge on any atom is 0.237 e.